The second-order valence-corrected chi connectivity index (χ2v) is 4.52. The van der Waals surface area contributed by atoms with E-state index in [-0.39, 0.29) is 0 Å². The Morgan fingerprint density at radius 1 is 1.15 bits per heavy atom. The van der Waals surface area contributed by atoms with Gasteiger partial charge in [-0.05, 0) is 36.2 Å². The molecular formula is C15H13N3O2. The number of nitrogens with zero attached hydrogens (tertiary/aromatic N) is 3. The molecule has 100 valence electrons. The summed E-state index contributed by atoms with van der Waals surface area (Å²) in [5.41, 5.74) is 1.82. The van der Waals surface area contributed by atoms with E-state index in [1.54, 1.807) is 18.5 Å². The van der Waals surface area contributed by atoms with E-state index in [0.717, 1.165) is 16.9 Å². The molecule has 1 aliphatic rings. The molecule has 0 fully saturated rings. The van der Waals surface area contributed by atoms with E-state index in [2.05, 4.69) is 16.0 Å². The normalized spacial score (nSPS) is 14.4. The largest absolute Gasteiger partial charge is 0.486 e. The highest BCUT2D eigenvalue weighted by molar-refractivity contribution is 5.51. The standard InChI is InChI=1S/C15H13N3O2/c1-10-7-13-14(20-6-5-19-13)8-11(10)12(9-16)15-17-3-2-4-18-15/h2-4,7-8,12H,5-6H2,1H3. The van der Waals surface area contributed by atoms with Gasteiger partial charge in [0.2, 0.25) is 0 Å². The zero-order valence-electron chi connectivity index (χ0n) is 11.0. The Kier molecular flexibility index (Phi) is 3.21. The number of hydrogen-bond donors (Lipinski definition) is 0. The maximum absolute atomic E-state index is 9.46. The predicted molar refractivity (Wildman–Crippen MR) is 71.7 cm³/mol. The van der Waals surface area contributed by atoms with Gasteiger partial charge in [0, 0.05) is 12.4 Å². The molecule has 3 rings (SSSR count). The molecule has 20 heavy (non-hydrogen) atoms. The molecule has 0 saturated heterocycles. The Balaban J connectivity index is 2.07. The van der Waals surface area contributed by atoms with E-state index in [0.29, 0.717) is 24.8 Å². The molecule has 0 bridgehead atoms. The monoisotopic (exact) mass is 267 g/mol. The summed E-state index contributed by atoms with van der Waals surface area (Å²) < 4.78 is 11.1. The van der Waals surface area contributed by atoms with Gasteiger partial charge in [-0.1, -0.05) is 0 Å². The number of hydrogen-bond acceptors (Lipinski definition) is 5. The van der Waals surface area contributed by atoms with Gasteiger partial charge >= 0.3 is 0 Å². The average molecular weight is 267 g/mol. The van der Waals surface area contributed by atoms with Crippen LogP contribution in [0.25, 0.3) is 0 Å². The quantitative estimate of drug-likeness (QED) is 0.834. The molecule has 0 radical (unpaired) electrons. The summed E-state index contributed by atoms with van der Waals surface area (Å²) in [7, 11) is 0. The number of fused-ring (bicyclic) bond motifs is 1. The van der Waals surface area contributed by atoms with Crippen molar-refractivity contribution in [2.75, 3.05) is 13.2 Å². The number of aryl methyl sites for hydroxylation is 1. The minimum Gasteiger partial charge on any atom is -0.486 e. The lowest BCUT2D eigenvalue weighted by molar-refractivity contribution is 0.171. The van der Waals surface area contributed by atoms with Crippen LogP contribution in [0.2, 0.25) is 0 Å². The van der Waals surface area contributed by atoms with Crippen molar-refractivity contribution in [1.82, 2.24) is 9.97 Å². The van der Waals surface area contributed by atoms with Crippen molar-refractivity contribution < 1.29 is 9.47 Å². The van der Waals surface area contributed by atoms with E-state index < -0.39 is 5.92 Å². The maximum atomic E-state index is 9.46. The molecule has 0 saturated carbocycles. The number of ether oxygens (including phenoxy) is 2. The molecule has 1 aromatic heterocycles. The van der Waals surface area contributed by atoms with Crippen molar-refractivity contribution in [2.45, 2.75) is 12.8 Å². The van der Waals surface area contributed by atoms with Crippen LogP contribution in [0.1, 0.15) is 22.9 Å². The van der Waals surface area contributed by atoms with Crippen LogP contribution in [0.4, 0.5) is 0 Å². The molecule has 0 amide bonds. The second-order valence-electron chi connectivity index (χ2n) is 4.52. The van der Waals surface area contributed by atoms with Crippen LogP contribution in [0.3, 0.4) is 0 Å². The van der Waals surface area contributed by atoms with Gasteiger partial charge in [0.1, 0.15) is 25.0 Å². The van der Waals surface area contributed by atoms with E-state index in [9.17, 15) is 5.26 Å². The van der Waals surface area contributed by atoms with Gasteiger partial charge in [-0.15, -0.1) is 0 Å². The van der Waals surface area contributed by atoms with Gasteiger partial charge in [-0.25, -0.2) is 9.97 Å². The number of rotatable bonds is 2. The van der Waals surface area contributed by atoms with Crippen LogP contribution in [0.5, 0.6) is 11.5 Å². The van der Waals surface area contributed by atoms with Crippen molar-refractivity contribution in [3.05, 3.63) is 47.5 Å². The maximum Gasteiger partial charge on any atom is 0.161 e. The van der Waals surface area contributed by atoms with Crippen LogP contribution in [-0.2, 0) is 0 Å². The highest BCUT2D eigenvalue weighted by Crippen LogP contribution is 2.36. The van der Waals surface area contributed by atoms with Crippen molar-refractivity contribution in [2.24, 2.45) is 0 Å². The van der Waals surface area contributed by atoms with E-state index >= 15 is 0 Å². The van der Waals surface area contributed by atoms with Crippen LogP contribution < -0.4 is 9.47 Å². The number of nitriles is 1. The van der Waals surface area contributed by atoms with Gasteiger partial charge < -0.3 is 9.47 Å². The topological polar surface area (TPSA) is 68.0 Å². The van der Waals surface area contributed by atoms with Crippen molar-refractivity contribution in [3.8, 4) is 17.6 Å². The Morgan fingerprint density at radius 3 is 2.45 bits per heavy atom. The average Bonchev–Trinajstić information content (AvgIpc) is 2.49. The molecule has 5 heteroatoms. The van der Waals surface area contributed by atoms with Crippen molar-refractivity contribution in [3.63, 3.8) is 0 Å². The smallest absolute Gasteiger partial charge is 0.161 e. The summed E-state index contributed by atoms with van der Waals surface area (Å²) in [5.74, 6) is 1.39. The first-order valence-corrected chi connectivity index (χ1v) is 6.36. The third-order valence-corrected chi connectivity index (χ3v) is 3.21. The van der Waals surface area contributed by atoms with Crippen LogP contribution in [0, 0.1) is 18.3 Å². The molecule has 5 nitrogen and oxygen atoms in total. The molecule has 1 aromatic carbocycles. The van der Waals surface area contributed by atoms with Crippen LogP contribution in [-0.4, -0.2) is 23.2 Å². The molecule has 1 unspecified atom stereocenters. The highest BCUT2D eigenvalue weighted by atomic mass is 16.6. The van der Waals surface area contributed by atoms with E-state index in [4.69, 9.17) is 9.47 Å². The van der Waals surface area contributed by atoms with Gasteiger partial charge in [0.25, 0.3) is 0 Å². The van der Waals surface area contributed by atoms with Gasteiger partial charge in [0.15, 0.2) is 11.5 Å². The fraction of sp³-hybridized carbons (Fsp3) is 0.267. The van der Waals surface area contributed by atoms with E-state index in [1.807, 2.05) is 19.1 Å². The Morgan fingerprint density at radius 2 is 1.80 bits per heavy atom. The van der Waals surface area contributed by atoms with Crippen LogP contribution in [0.15, 0.2) is 30.6 Å². The number of benzene rings is 1. The first kappa shape index (κ1) is 12.4. The molecule has 0 spiro atoms. The fourth-order valence-corrected chi connectivity index (χ4v) is 2.24. The third kappa shape index (κ3) is 2.16. The lowest BCUT2D eigenvalue weighted by Crippen LogP contribution is -2.16. The molecule has 2 aromatic rings. The fourth-order valence-electron chi connectivity index (χ4n) is 2.24. The number of aromatic nitrogens is 2. The molecule has 1 aliphatic heterocycles. The molecule has 2 heterocycles. The molecule has 1 atom stereocenters. The first-order chi connectivity index (χ1) is 9.79. The first-order valence-electron chi connectivity index (χ1n) is 6.36. The Labute approximate surface area is 116 Å². The van der Waals surface area contributed by atoms with Crippen molar-refractivity contribution >= 4 is 0 Å². The van der Waals surface area contributed by atoms with Crippen LogP contribution >= 0.6 is 0 Å². The highest BCUT2D eigenvalue weighted by Gasteiger charge is 2.22. The summed E-state index contributed by atoms with van der Waals surface area (Å²) in [6.07, 6.45) is 3.28. The van der Waals surface area contributed by atoms with Gasteiger partial charge in [-0.2, -0.15) is 5.26 Å². The summed E-state index contributed by atoms with van der Waals surface area (Å²) in [6.45, 7) is 3.02. The summed E-state index contributed by atoms with van der Waals surface area (Å²) in [6, 6.07) is 7.75. The van der Waals surface area contributed by atoms with Gasteiger partial charge in [0.05, 0.1) is 6.07 Å². The summed E-state index contributed by atoms with van der Waals surface area (Å²) >= 11 is 0. The predicted octanol–water partition coefficient (Wildman–Crippen LogP) is 2.21. The van der Waals surface area contributed by atoms with Gasteiger partial charge in [-0.3, -0.25) is 0 Å². The Hall–Kier alpha value is -2.61. The summed E-state index contributed by atoms with van der Waals surface area (Å²) in [4.78, 5) is 8.35. The SMILES string of the molecule is Cc1cc2c(cc1C(C#N)c1ncccn1)OCCO2. The van der Waals surface area contributed by atoms with E-state index in [1.165, 1.54) is 0 Å². The zero-order valence-corrected chi connectivity index (χ0v) is 11.0. The minimum atomic E-state index is -0.507. The summed E-state index contributed by atoms with van der Waals surface area (Å²) in [5, 5.41) is 9.46. The lowest BCUT2D eigenvalue weighted by Gasteiger charge is -2.21. The molecular weight excluding hydrogens is 254 g/mol. The third-order valence-electron chi connectivity index (χ3n) is 3.21. The molecule has 0 aliphatic carbocycles. The lowest BCUT2D eigenvalue weighted by atomic mass is 9.94. The minimum absolute atomic E-state index is 0.495. The Bertz CT molecular complexity index is 665. The van der Waals surface area contributed by atoms with Crippen molar-refractivity contribution in [1.29, 1.82) is 5.26 Å². The second kappa shape index (κ2) is 5.17. The molecule has 0 N–H and O–H groups in total. The zero-order chi connectivity index (χ0) is 13.9.